The van der Waals surface area contributed by atoms with Crippen molar-refractivity contribution in [3.63, 3.8) is 0 Å². The lowest BCUT2D eigenvalue weighted by Crippen LogP contribution is -2.33. The molecule has 2 aromatic carbocycles. The van der Waals surface area contributed by atoms with Crippen molar-refractivity contribution in [2.75, 3.05) is 7.11 Å². The van der Waals surface area contributed by atoms with Gasteiger partial charge < -0.3 is 10.5 Å². The number of carbonyl (C=O) groups excluding carboxylic acids is 1. The van der Waals surface area contributed by atoms with Crippen LogP contribution in [0.4, 0.5) is 4.39 Å². The zero-order chi connectivity index (χ0) is 14.5. The van der Waals surface area contributed by atoms with Crippen molar-refractivity contribution in [1.29, 1.82) is 0 Å². The Morgan fingerprint density at radius 1 is 1.25 bits per heavy atom. The van der Waals surface area contributed by atoms with Crippen molar-refractivity contribution in [3.05, 3.63) is 65.5 Å². The van der Waals surface area contributed by atoms with Crippen LogP contribution in [0.2, 0.25) is 0 Å². The van der Waals surface area contributed by atoms with Crippen LogP contribution in [0.15, 0.2) is 48.5 Å². The fourth-order valence-electron chi connectivity index (χ4n) is 2.03. The van der Waals surface area contributed by atoms with Crippen molar-refractivity contribution in [3.8, 4) is 5.75 Å². The maximum Gasteiger partial charge on any atom is 0.183 e. The average Bonchev–Trinajstić information content (AvgIpc) is 2.47. The Morgan fingerprint density at radius 2 is 1.95 bits per heavy atom. The van der Waals surface area contributed by atoms with Crippen LogP contribution in [0.3, 0.4) is 0 Å². The molecule has 0 amide bonds. The molecule has 0 saturated carbocycles. The molecule has 0 aliphatic carbocycles. The summed E-state index contributed by atoms with van der Waals surface area (Å²) in [5.74, 6) is -0.480. The summed E-state index contributed by atoms with van der Waals surface area (Å²) in [7, 11) is 1.44. The van der Waals surface area contributed by atoms with E-state index >= 15 is 0 Å². The minimum Gasteiger partial charge on any atom is -0.496 e. The van der Waals surface area contributed by atoms with Gasteiger partial charge >= 0.3 is 0 Å². The van der Waals surface area contributed by atoms with Gasteiger partial charge in [0.15, 0.2) is 5.78 Å². The number of ketones is 1. The van der Waals surface area contributed by atoms with Gasteiger partial charge in [0.25, 0.3) is 0 Å². The minimum atomic E-state index is -0.729. The zero-order valence-electron chi connectivity index (χ0n) is 11.2. The van der Waals surface area contributed by atoms with Gasteiger partial charge in [0, 0.05) is 0 Å². The first kappa shape index (κ1) is 14.2. The van der Waals surface area contributed by atoms with Crippen LogP contribution in [0.5, 0.6) is 5.75 Å². The molecular formula is C16H16FNO2. The summed E-state index contributed by atoms with van der Waals surface area (Å²) in [6, 6.07) is 12.6. The monoisotopic (exact) mass is 273 g/mol. The fraction of sp³-hybridized carbons (Fsp3) is 0.188. The molecule has 0 heterocycles. The largest absolute Gasteiger partial charge is 0.496 e. The standard InChI is InChI=1S/C16H16FNO2/c1-20-15-8-7-12(17)10-13(15)16(19)14(18)9-11-5-3-2-4-6-11/h2-8,10,14H,9,18H2,1H3. The number of nitrogens with two attached hydrogens (primary N) is 1. The van der Waals surface area contributed by atoms with Crippen LogP contribution < -0.4 is 10.5 Å². The van der Waals surface area contributed by atoms with Gasteiger partial charge in [-0.05, 0) is 30.2 Å². The fourth-order valence-corrected chi connectivity index (χ4v) is 2.03. The molecule has 0 radical (unpaired) electrons. The van der Waals surface area contributed by atoms with E-state index in [1.807, 2.05) is 30.3 Å². The van der Waals surface area contributed by atoms with Crippen LogP contribution in [0, 0.1) is 5.82 Å². The lowest BCUT2D eigenvalue weighted by atomic mass is 9.98. The van der Waals surface area contributed by atoms with E-state index in [1.165, 1.54) is 19.2 Å². The Hall–Kier alpha value is -2.20. The predicted molar refractivity (Wildman–Crippen MR) is 75.4 cm³/mol. The van der Waals surface area contributed by atoms with E-state index in [0.717, 1.165) is 11.6 Å². The number of Topliss-reactive ketones (excluding diaryl/α,β-unsaturated/α-hetero) is 1. The van der Waals surface area contributed by atoms with E-state index < -0.39 is 11.9 Å². The first-order valence-corrected chi connectivity index (χ1v) is 6.29. The molecule has 4 heteroatoms. The SMILES string of the molecule is COc1ccc(F)cc1C(=O)C(N)Cc1ccccc1. The van der Waals surface area contributed by atoms with Gasteiger partial charge in [-0.25, -0.2) is 4.39 Å². The summed E-state index contributed by atoms with van der Waals surface area (Å²) in [6.07, 6.45) is 0.402. The van der Waals surface area contributed by atoms with Gasteiger partial charge in [0.05, 0.1) is 18.7 Å². The van der Waals surface area contributed by atoms with E-state index in [4.69, 9.17) is 10.5 Å². The smallest absolute Gasteiger partial charge is 0.183 e. The summed E-state index contributed by atoms with van der Waals surface area (Å²) in [4.78, 5) is 12.3. The minimum absolute atomic E-state index is 0.177. The van der Waals surface area contributed by atoms with Crippen molar-refractivity contribution in [2.45, 2.75) is 12.5 Å². The van der Waals surface area contributed by atoms with Crippen molar-refractivity contribution in [1.82, 2.24) is 0 Å². The van der Waals surface area contributed by atoms with Crippen LogP contribution in [-0.4, -0.2) is 18.9 Å². The number of halogens is 1. The summed E-state index contributed by atoms with van der Waals surface area (Å²) in [5, 5.41) is 0. The lowest BCUT2D eigenvalue weighted by molar-refractivity contribution is 0.0957. The maximum absolute atomic E-state index is 13.3. The number of hydrogen-bond acceptors (Lipinski definition) is 3. The Balaban J connectivity index is 2.20. The third-order valence-electron chi connectivity index (χ3n) is 3.06. The summed E-state index contributed by atoms with van der Waals surface area (Å²) in [6.45, 7) is 0. The van der Waals surface area contributed by atoms with E-state index in [0.29, 0.717) is 12.2 Å². The molecular weight excluding hydrogens is 257 g/mol. The molecule has 0 aromatic heterocycles. The number of carbonyl (C=O) groups is 1. The quantitative estimate of drug-likeness (QED) is 0.852. The molecule has 2 rings (SSSR count). The zero-order valence-corrected chi connectivity index (χ0v) is 11.2. The molecule has 2 N–H and O–H groups in total. The molecule has 0 bridgehead atoms. The Bertz CT molecular complexity index is 599. The molecule has 1 unspecified atom stereocenters. The normalized spacial score (nSPS) is 11.9. The molecule has 0 fully saturated rings. The first-order valence-electron chi connectivity index (χ1n) is 6.29. The third-order valence-corrected chi connectivity index (χ3v) is 3.06. The molecule has 0 aliphatic rings. The number of rotatable bonds is 5. The van der Waals surface area contributed by atoms with E-state index in [9.17, 15) is 9.18 Å². The number of hydrogen-bond donors (Lipinski definition) is 1. The summed E-state index contributed by atoms with van der Waals surface area (Å²) >= 11 is 0. The van der Waals surface area contributed by atoms with Gasteiger partial charge in [-0.2, -0.15) is 0 Å². The molecule has 20 heavy (non-hydrogen) atoms. The highest BCUT2D eigenvalue weighted by Gasteiger charge is 2.20. The van der Waals surface area contributed by atoms with Gasteiger partial charge in [0.2, 0.25) is 0 Å². The molecule has 0 spiro atoms. The number of benzene rings is 2. The summed E-state index contributed by atoms with van der Waals surface area (Å²) in [5.41, 5.74) is 7.07. The van der Waals surface area contributed by atoms with Gasteiger partial charge in [0.1, 0.15) is 11.6 Å². The van der Waals surface area contributed by atoms with E-state index in [1.54, 1.807) is 0 Å². The average molecular weight is 273 g/mol. The van der Waals surface area contributed by atoms with Gasteiger partial charge in [-0.3, -0.25) is 4.79 Å². The van der Waals surface area contributed by atoms with Crippen molar-refractivity contribution < 1.29 is 13.9 Å². The Morgan fingerprint density at radius 3 is 2.60 bits per heavy atom. The van der Waals surface area contributed by atoms with Gasteiger partial charge in [-0.15, -0.1) is 0 Å². The van der Waals surface area contributed by atoms with Crippen LogP contribution >= 0.6 is 0 Å². The third kappa shape index (κ3) is 3.22. The summed E-state index contributed by atoms with van der Waals surface area (Å²) < 4.78 is 18.4. The van der Waals surface area contributed by atoms with Crippen LogP contribution in [-0.2, 0) is 6.42 Å². The molecule has 3 nitrogen and oxygen atoms in total. The maximum atomic E-state index is 13.3. The molecule has 104 valence electrons. The first-order chi connectivity index (χ1) is 9.61. The van der Waals surface area contributed by atoms with Crippen LogP contribution in [0.25, 0.3) is 0 Å². The molecule has 0 saturated heterocycles. The predicted octanol–water partition coefficient (Wildman–Crippen LogP) is 2.59. The topological polar surface area (TPSA) is 52.3 Å². The number of ether oxygens (including phenoxy) is 1. The van der Waals surface area contributed by atoms with Crippen molar-refractivity contribution >= 4 is 5.78 Å². The second-order valence-electron chi connectivity index (χ2n) is 4.51. The van der Waals surface area contributed by atoms with E-state index in [-0.39, 0.29) is 11.3 Å². The molecule has 2 aromatic rings. The number of methoxy groups -OCH3 is 1. The highest BCUT2D eigenvalue weighted by molar-refractivity contribution is 6.02. The highest BCUT2D eigenvalue weighted by Crippen LogP contribution is 2.21. The Labute approximate surface area is 117 Å². The molecule has 1 atom stereocenters. The highest BCUT2D eigenvalue weighted by atomic mass is 19.1. The van der Waals surface area contributed by atoms with Gasteiger partial charge in [-0.1, -0.05) is 30.3 Å². The Kier molecular flexibility index (Phi) is 4.48. The second-order valence-corrected chi connectivity index (χ2v) is 4.51. The van der Waals surface area contributed by atoms with Crippen LogP contribution in [0.1, 0.15) is 15.9 Å². The lowest BCUT2D eigenvalue weighted by Gasteiger charge is -2.13. The second kappa shape index (κ2) is 6.30. The molecule has 0 aliphatic heterocycles. The van der Waals surface area contributed by atoms with Crippen molar-refractivity contribution in [2.24, 2.45) is 5.73 Å². The van der Waals surface area contributed by atoms with E-state index in [2.05, 4.69) is 0 Å².